The SMILES string of the molecule is O=C(O)CN1CCC(Oc2ccc(Br)cc2)C1=O. The standard InChI is InChI=1S/C12H12BrNO4/c13-8-1-3-9(4-2-8)18-10-5-6-14(12(10)17)7-11(15)16/h1-4,10H,5-7H2,(H,15,16). The number of halogens is 1. The first kappa shape index (κ1) is 12.9. The first-order valence-electron chi connectivity index (χ1n) is 5.49. The van der Waals surface area contributed by atoms with E-state index in [4.69, 9.17) is 9.84 Å². The van der Waals surface area contributed by atoms with Crippen molar-refractivity contribution in [2.45, 2.75) is 12.5 Å². The van der Waals surface area contributed by atoms with E-state index in [1.807, 2.05) is 12.1 Å². The van der Waals surface area contributed by atoms with Crippen molar-refractivity contribution in [2.75, 3.05) is 13.1 Å². The van der Waals surface area contributed by atoms with Crippen LogP contribution < -0.4 is 4.74 Å². The normalized spacial score (nSPS) is 19.1. The highest BCUT2D eigenvalue weighted by atomic mass is 79.9. The predicted molar refractivity (Wildman–Crippen MR) is 67.4 cm³/mol. The van der Waals surface area contributed by atoms with Crippen LogP contribution in [0.25, 0.3) is 0 Å². The smallest absolute Gasteiger partial charge is 0.323 e. The van der Waals surface area contributed by atoms with E-state index < -0.39 is 12.1 Å². The number of hydrogen-bond acceptors (Lipinski definition) is 3. The van der Waals surface area contributed by atoms with Gasteiger partial charge in [0.05, 0.1) is 0 Å². The molecule has 18 heavy (non-hydrogen) atoms. The van der Waals surface area contributed by atoms with Gasteiger partial charge in [0.1, 0.15) is 12.3 Å². The van der Waals surface area contributed by atoms with Crippen LogP contribution in [0.4, 0.5) is 0 Å². The highest BCUT2D eigenvalue weighted by molar-refractivity contribution is 9.10. The Morgan fingerprint density at radius 2 is 2.11 bits per heavy atom. The summed E-state index contributed by atoms with van der Waals surface area (Å²) >= 11 is 3.31. The van der Waals surface area contributed by atoms with Gasteiger partial charge in [-0.2, -0.15) is 0 Å². The number of carbonyl (C=O) groups is 2. The van der Waals surface area contributed by atoms with Crippen LogP contribution in [0.3, 0.4) is 0 Å². The third-order valence-corrected chi connectivity index (χ3v) is 3.20. The maximum atomic E-state index is 11.8. The summed E-state index contributed by atoms with van der Waals surface area (Å²) in [6.07, 6.45) is -0.0622. The Bertz CT molecular complexity index is 460. The summed E-state index contributed by atoms with van der Waals surface area (Å²) in [4.78, 5) is 23.7. The van der Waals surface area contributed by atoms with Crippen molar-refractivity contribution in [1.82, 2.24) is 4.90 Å². The summed E-state index contributed by atoms with van der Waals surface area (Å²) in [5.74, 6) is -0.665. The molecule has 0 radical (unpaired) electrons. The van der Waals surface area contributed by atoms with Crippen molar-refractivity contribution in [3.8, 4) is 5.75 Å². The summed E-state index contributed by atoms with van der Waals surface area (Å²) in [6.45, 7) is 0.158. The maximum Gasteiger partial charge on any atom is 0.323 e. The first-order valence-corrected chi connectivity index (χ1v) is 6.28. The highest BCUT2D eigenvalue weighted by Gasteiger charge is 2.34. The average Bonchev–Trinajstić information content (AvgIpc) is 2.64. The monoisotopic (exact) mass is 313 g/mol. The third-order valence-electron chi connectivity index (χ3n) is 2.67. The zero-order chi connectivity index (χ0) is 13.1. The largest absolute Gasteiger partial charge is 0.481 e. The molecule has 1 aliphatic heterocycles. The van der Waals surface area contributed by atoms with Crippen molar-refractivity contribution in [1.29, 1.82) is 0 Å². The van der Waals surface area contributed by atoms with Crippen LogP contribution >= 0.6 is 15.9 Å². The Labute approximate surface area is 112 Å². The van der Waals surface area contributed by atoms with E-state index in [-0.39, 0.29) is 12.5 Å². The minimum absolute atomic E-state index is 0.264. The van der Waals surface area contributed by atoms with Crippen molar-refractivity contribution in [2.24, 2.45) is 0 Å². The lowest BCUT2D eigenvalue weighted by molar-refractivity contribution is -0.144. The Hall–Kier alpha value is -1.56. The van der Waals surface area contributed by atoms with Crippen molar-refractivity contribution < 1.29 is 19.4 Å². The molecule has 1 unspecified atom stereocenters. The van der Waals surface area contributed by atoms with Gasteiger partial charge in [0, 0.05) is 17.4 Å². The number of amides is 1. The number of carbonyl (C=O) groups excluding carboxylic acids is 1. The summed E-state index contributed by atoms with van der Waals surface area (Å²) in [6, 6.07) is 7.17. The van der Waals surface area contributed by atoms with Gasteiger partial charge in [-0.25, -0.2) is 0 Å². The molecule has 0 aliphatic carbocycles. The van der Waals surface area contributed by atoms with Crippen LogP contribution in [-0.4, -0.2) is 41.1 Å². The van der Waals surface area contributed by atoms with Gasteiger partial charge in [-0.15, -0.1) is 0 Å². The number of carboxylic acids is 1. The van der Waals surface area contributed by atoms with Crippen LogP contribution in [0.15, 0.2) is 28.7 Å². The molecule has 1 fully saturated rings. The van der Waals surface area contributed by atoms with Gasteiger partial charge in [0.25, 0.3) is 5.91 Å². The summed E-state index contributed by atoms with van der Waals surface area (Å²) in [5, 5.41) is 8.66. The highest BCUT2D eigenvalue weighted by Crippen LogP contribution is 2.21. The quantitative estimate of drug-likeness (QED) is 0.915. The molecule has 0 bridgehead atoms. The van der Waals surface area contributed by atoms with Gasteiger partial charge >= 0.3 is 5.97 Å². The second-order valence-corrected chi connectivity index (χ2v) is 4.92. The van der Waals surface area contributed by atoms with Crippen LogP contribution in [0.2, 0.25) is 0 Å². The van der Waals surface area contributed by atoms with Gasteiger partial charge in [0.15, 0.2) is 6.10 Å². The second kappa shape index (κ2) is 5.39. The molecule has 96 valence electrons. The number of aliphatic carboxylic acids is 1. The van der Waals surface area contributed by atoms with Crippen LogP contribution in [0.1, 0.15) is 6.42 Å². The molecule has 1 N–H and O–H groups in total. The van der Waals surface area contributed by atoms with E-state index in [9.17, 15) is 9.59 Å². The van der Waals surface area contributed by atoms with Crippen molar-refractivity contribution in [3.63, 3.8) is 0 Å². The fourth-order valence-corrected chi connectivity index (χ4v) is 2.08. The maximum absolute atomic E-state index is 11.8. The number of hydrogen-bond donors (Lipinski definition) is 1. The molecule has 2 rings (SSSR count). The fourth-order valence-electron chi connectivity index (χ4n) is 1.82. The van der Waals surface area contributed by atoms with E-state index in [0.717, 1.165) is 4.47 Å². The molecular weight excluding hydrogens is 302 g/mol. The summed E-state index contributed by atoms with van der Waals surface area (Å²) < 4.78 is 6.48. The Morgan fingerprint density at radius 3 is 2.72 bits per heavy atom. The van der Waals surface area contributed by atoms with Gasteiger partial charge < -0.3 is 14.7 Å². The topological polar surface area (TPSA) is 66.8 Å². The van der Waals surface area contributed by atoms with E-state index in [1.54, 1.807) is 12.1 Å². The Kier molecular flexibility index (Phi) is 3.86. The van der Waals surface area contributed by atoms with Gasteiger partial charge in [-0.3, -0.25) is 9.59 Å². The number of benzene rings is 1. The molecule has 1 aliphatic rings. The molecular formula is C12H12BrNO4. The summed E-state index contributed by atoms with van der Waals surface area (Å²) in [7, 11) is 0. The molecule has 0 aromatic heterocycles. The van der Waals surface area contributed by atoms with Crippen molar-refractivity contribution in [3.05, 3.63) is 28.7 Å². The molecule has 5 nitrogen and oxygen atoms in total. The molecule has 1 atom stereocenters. The second-order valence-electron chi connectivity index (χ2n) is 4.00. The summed E-state index contributed by atoms with van der Waals surface area (Å²) in [5.41, 5.74) is 0. The number of ether oxygens (including phenoxy) is 1. The number of carboxylic acid groups (broad SMARTS) is 1. The molecule has 1 aromatic carbocycles. The average molecular weight is 314 g/mol. The molecule has 1 amide bonds. The number of rotatable bonds is 4. The van der Waals surface area contributed by atoms with Crippen LogP contribution in [-0.2, 0) is 9.59 Å². The zero-order valence-electron chi connectivity index (χ0n) is 9.51. The molecule has 6 heteroatoms. The number of nitrogens with zero attached hydrogens (tertiary/aromatic N) is 1. The minimum Gasteiger partial charge on any atom is -0.481 e. The lowest BCUT2D eigenvalue weighted by Crippen LogP contribution is -2.35. The fraction of sp³-hybridized carbons (Fsp3) is 0.333. The molecule has 1 saturated heterocycles. The lowest BCUT2D eigenvalue weighted by atomic mass is 10.3. The molecule has 1 aromatic rings. The van der Waals surface area contributed by atoms with Gasteiger partial charge in [0.2, 0.25) is 0 Å². The minimum atomic E-state index is -1.01. The predicted octanol–water partition coefficient (Wildman–Crippen LogP) is 1.51. The zero-order valence-corrected chi connectivity index (χ0v) is 11.1. The lowest BCUT2D eigenvalue weighted by Gasteiger charge is -2.15. The Morgan fingerprint density at radius 1 is 1.44 bits per heavy atom. The van der Waals surface area contributed by atoms with Crippen LogP contribution in [0.5, 0.6) is 5.75 Å². The van der Waals surface area contributed by atoms with E-state index in [2.05, 4.69) is 15.9 Å². The van der Waals surface area contributed by atoms with E-state index >= 15 is 0 Å². The van der Waals surface area contributed by atoms with E-state index in [1.165, 1.54) is 4.90 Å². The van der Waals surface area contributed by atoms with Crippen molar-refractivity contribution >= 4 is 27.8 Å². The van der Waals surface area contributed by atoms with Gasteiger partial charge in [-0.05, 0) is 24.3 Å². The number of likely N-dealkylation sites (tertiary alicyclic amines) is 1. The first-order chi connectivity index (χ1) is 8.56. The Balaban J connectivity index is 1.97. The molecule has 0 spiro atoms. The molecule has 0 saturated carbocycles. The molecule has 1 heterocycles. The van der Waals surface area contributed by atoms with Crippen LogP contribution in [0, 0.1) is 0 Å². The third kappa shape index (κ3) is 3.01. The van der Waals surface area contributed by atoms with Gasteiger partial charge in [-0.1, -0.05) is 15.9 Å². The van der Waals surface area contributed by atoms with E-state index in [0.29, 0.717) is 18.7 Å².